The van der Waals surface area contributed by atoms with Gasteiger partial charge in [0.2, 0.25) is 0 Å². The van der Waals surface area contributed by atoms with Gasteiger partial charge in [-0.2, -0.15) is 0 Å². The number of fused-ring (bicyclic) bond motifs is 2. The molecule has 4 rings (SSSR count). The largest absolute Gasteiger partial charge is 0.0795 e. The third-order valence-electron chi connectivity index (χ3n) is 3.47. The van der Waals surface area contributed by atoms with E-state index < -0.39 is 0 Å². The van der Waals surface area contributed by atoms with E-state index in [4.69, 9.17) is 0 Å². The molecule has 2 aromatic rings. The summed E-state index contributed by atoms with van der Waals surface area (Å²) in [5, 5.41) is 0. The molecule has 2 aliphatic carbocycles. The fourth-order valence-corrected chi connectivity index (χ4v) is 2.33. The average molecular weight is 236 g/mol. The zero-order valence-corrected chi connectivity index (χ0v) is 9.89. The zero-order chi connectivity index (χ0) is 11.5. The molecule has 0 bridgehead atoms. The van der Waals surface area contributed by atoms with Gasteiger partial charge in [-0.05, 0) is 41.5 Å². The second-order valence-corrected chi connectivity index (χ2v) is 4.57. The van der Waals surface area contributed by atoms with Crippen LogP contribution in [0.25, 0.3) is 6.08 Å². The first-order valence-corrected chi connectivity index (χ1v) is 6.25. The number of hydrogen-bond donors (Lipinski definition) is 0. The smallest absolute Gasteiger partial charge is 0.00882 e. The van der Waals surface area contributed by atoms with Crippen molar-refractivity contribution < 1.29 is 0 Å². The molecule has 2 aliphatic rings. The lowest BCUT2D eigenvalue weighted by Crippen LogP contribution is -2.06. The molecule has 0 saturated heterocycles. The molecule has 0 heteroatoms. The van der Waals surface area contributed by atoms with E-state index in [-0.39, 0.29) is 7.43 Å². The summed E-state index contributed by atoms with van der Waals surface area (Å²) < 4.78 is 0. The minimum absolute atomic E-state index is 0. The van der Waals surface area contributed by atoms with Crippen molar-refractivity contribution in [2.75, 3.05) is 0 Å². The van der Waals surface area contributed by atoms with E-state index in [0.717, 1.165) is 6.42 Å². The lowest BCUT2D eigenvalue weighted by Gasteiger charge is -2.16. The summed E-state index contributed by atoms with van der Waals surface area (Å²) in [5.41, 5.74) is 5.94. The molecule has 0 radical (unpaired) electrons. The number of hydrogen-bond acceptors (Lipinski definition) is 0. The van der Waals surface area contributed by atoms with Crippen LogP contribution in [-0.4, -0.2) is 0 Å². The second-order valence-electron chi connectivity index (χ2n) is 4.57. The van der Waals surface area contributed by atoms with Crippen LogP contribution in [0.4, 0.5) is 0 Å². The Labute approximate surface area is 110 Å². The van der Waals surface area contributed by atoms with E-state index in [1.807, 2.05) is 0 Å². The molecule has 2 aromatic carbocycles. The van der Waals surface area contributed by atoms with Crippen LogP contribution in [0.2, 0.25) is 0 Å². The maximum Gasteiger partial charge on any atom is -0.00882 e. The van der Waals surface area contributed by atoms with Gasteiger partial charge in [-0.25, -0.2) is 0 Å². The number of benzene rings is 2. The van der Waals surface area contributed by atoms with Crippen LogP contribution >= 0.6 is 0 Å². The minimum atomic E-state index is 0. The molecular formula is C18H20. The summed E-state index contributed by atoms with van der Waals surface area (Å²) in [4.78, 5) is 0. The van der Waals surface area contributed by atoms with Gasteiger partial charge in [0.25, 0.3) is 0 Å². The van der Waals surface area contributed by atoms with Gasteiger partial charge in [0.05, 0.1) is 0 Å². The monoisotopic (exact) mass is 236 g/mol. The van der Waals surface area contributed by atoms with Gasteiger partial charge in [-0.1, -0.05) is 68.1 Å². The molecule has 0 unspecified atom stereocenters. The molecule has 92 valence electrons. The van der Waals surface area contributed by atoms with Crippen LogP contribution in [0.1, 0.15) is 29.7 Å². The second kappa shape index (κ2) is 5.68. The molecule has 0 atom stereocenters. The first-order valence-electron chi connectivity index (χ1n) is 6.25. The van der Waals surface area contributed by atoms with Gasteiger partial charge < -0.3 is 0 Å². The highest BCUT2D eigenvalue weighted by atomic mass is 14.1. The summed E-state index contributed by atoms with van der Waals surface area (Å²) in [6.07, 6.45) is 8.10. The third kappa shape index (κ3) is 2.53. The predicted octanol–water partition coefficient (Wildman–Crippen LogP) is 4.68. The highest BCUT2D eigenvalue weighted by Crippen LogP contribution is 2.20. The van der Waals surface area contributed by atoms with Crippen molar-refractivity contribution in [3.63, 3.8) is 0 Å². The Kier molecular flexibility index (Phi) is 3.99. The molecule has 0 aromatic heterocycles. The van der Waals surface area contributed by atoms with Gasteiger partial charge >= 0.3 is 0 Å². The Morgan fingerprint density at radius 1 is 0.667 bits per heavy atom. The normalized spacial score (nSPS) is 13.3. The van der Waals surface area contributed by atoms with E-state index in [2.05, 4.69) is 60.7 Å². The Bertz CT molecular complexity index is 526. The quantitative estimate of drug-likeness (QED) is 0.623. The maximum atomic E-state index is 2.21. The summed E-state index contributed by atoms with van der Waals surface area (Å²) in [6, 6.07) is 17.1. The van der Waals surface area contributed by atoms with Gasteiger partial charge in [0.15, 0.2) is 0 Å². The van der Waals surface area contributed by atoms with Crippen LogP contribution in [0.3, 0.4) is 0 Å². The van der Waals surface area contributed by atoms with Crippen molar-refractivity contribution >= 4 is 6.08 Å². The van der Waals surface area contributed by atoms with E-state index >= 15 is 0 Å². The highest BCUT2D eigenvalue weighted by Gasteiger charge is 2.09. The minimum Gasteiger partial charge on any atom is -0.0795 e. The zero-order valence-electron chi connectivity index (χ0n) is 9.89. The Morgan fingerprint density at radius 3 is 1.72 bits per heavy atom. The van der Waals surface area contributed by atoms with Crippen molar-refractivity contribution in [3.8, 4) is 0 Å². The SMILES string of the molecule is C.C1=Cc2ccccc2C1.c1ccc2c(c1)CC2. The first-order chi connectivity index (χ1) is 8.43. The highest BCUT2D eigenvalue weighted by molar-refractivity contribution is 5.59. The van der Waals surface area contributed by atoms with E-state index in [9.17, 15) is 0 Å². The lowest BCUT2D eigenvalue weighted by atomic mass is 9.89. The molecule has 0 amide bonds. The fraction of sp³-hybridized carbons (Fsp3) is 0.222. The van der Waals surface area contributed by atoms with Crippen molar-refractivity contribution in [1.29, 1.82) is 0 Å². The van der Waals surface area contributed by atoms with Gasteiger partial charge in [0, 0.05) is 0 Å². The van der Waals surface area contributed by atoms with Crippen molar-refractivity contribution in [3.05, 3.63) is 76.9 Å². The summed E-state index contributed by atoms with van der Waals surface area (Å²) in [5.74, 6) is 0. The van der Waals surface area contributed by atoms with Crippen LogP contribution in [0, 0.1) is 0 Å². The summed E-state index contributed by atoms with van der Waals surface area (Å²) in [7, 11) is 0. The lowest BCUT2D eigenvalue weighted by molar-refractivity contribution is 0.839. The summed E-state index contributed by atoms with van der Waals surface area (Å²) >= 11 is 0. The molecule has 0 spiro atoms. The first kappa shape index (κ1) is 12.6. The Morgan fingerprint density at radius 2 is 1.22 bits per heavy atom. The standard InChI is InChI=1S/C9H8.C8H8.CH4/c1-2-5-9-7-3-6-8(9)4-1;1-2-4-8-6-5-7(8)3-1;/h1-6H,7H2;1-4H,5-6H2;1H4. The average Bonchev–Trinajstić information content (AvgIpc) is 2.80. The Hall–Kier alpha value is -1.82. The molecule has 0 heterocycles. The summed E-state index contributed by atoms with van der Waals surface area (Å²) in [6.45, 7) is 0. The Balaban J connectivity index is 0.000000127. The molecule has 0 saturated carbocycles. The van der Waals surface area contributed by atoms with E-state index in [1.165, 1.54) is 24.0 Å². The molecular weight excluding hydrogens is 216 g/mol. The third-order valence-corrected chi connectivity index (χ3v) is 3.47. The van der Waals surface area contributed by atoms with Crippen molar-refractivity contribution in [1.82, 2.24) is 0 Å². The predicted molar refractivity (Wildman–Crippen MR) is 79.8 cm³/mol. The number of aryl methyl sites for hydroxylation is 2. The molecule has 0 aliphatic heterocycles. The van der Waals surface area contributed by atoms with Crippen molar-refractivity contribution in [2.45, 2.75) is 26.7 Å². The molecule has 18 heavy (non-hydrogen) atoms. The number of allylic oxidation sites excluding steroid dienone is 1. The van der Waals surface area contributed by atoms with Crippen LogP contribution in [-0.2, 0) is 19.3 Å². The van der Waals surface area contributed by atoms with E-state index in [0.29, 0.717) is 0 Å². The molecule has 0 fully saturated rings. The van der Waals surface area contributed by atoms with Crippen LogP contribution < -0.4 is 0 Å². The maximum absolute atomic E-state index is 2.21. The van der Waals surface area contributed by atoms with Crippen LogP contribution in [0.15, 0.2) is 54.6 Å². The molecule has 0 nitrogen and oxygen atoms in total. The van der Waals surface area contributed by atoms with Gasteiger partial charge in [-0.15, -0.1) is 0 Å². The van der Waals surface area contributed by atoms with Crippen molar-refractivity contribution in [2.24, 2.45) is 0 Å². The fourth-order valence-electron chi connectivity index (χ4n) is 2.33. The van der Waals surface area contributed by atoms with E-state index in [1.54, 1.807) is 11.1 Å². The van der Waals surface area contributed by atoms with Crippen LogP contribution in [0.5, 0.6) is 0 Å². The topological polar surface area (TPSA) is 0 Å². The number of rotatable bonds is 0. The van der Waals surface area contributed by atoms with Gasteiger partial charge in [-0.3, -0.25) is 0 Å². The van der Waals surface area contributed by atoms with Gasteiger partial charge in [0.1, 0.15) is 0 Å². The molecule has 0 N–H and O–H groups in total.